The molecule has 3 rings (SSSR count). The zero-order valence-corrected chi connectivity index (χ0v) is 15.1. The van der Waals surface area contributed by atoms with Crippen LogP contribution in [-0.2, 0) is 16.0 Å². The van der Waals surface area contributed by atoms with Crippen molar-refractivity contribution in [3.63, 3.8) is 0 Å². The Kier molecular flexibility index (Phi) is 7.52. The zero-order chi connectivity index (χ0) is 19.1. The van der Waals surface area contributed by atoms with Crippen LogP contribution < -0.4 is 11.1 Å². The molecule has 0 radical (unpaired) electrons. The number of rotatable bonds is 5. The van der Waals surface area contributed by atoms with Crippen LogP contribution in [-0.4, -0.2) is 50.9 Å². The average molecular weight is 368 g/mol. The standard InChI is InChI=1S/C15H24N4O3.C2H4O2/c16-11-8-10(4-5-12(11)20)14(21)17-7-6-13-18-15(22-19-13)9-2-1-3-9;1-2(3)4/h9-12,20H,1-8,16H2,(H,17,21);1H3,(H,3,4)/t10-,11+,12+;/m0./s1. The molecule has 3 atom stereocenters. The van der Waals surface area contributed by atoms with E-state index in [-0.39, 0.29) is 17.9 Å². The number of nitrogens with two attached hydrogens (primary N) is 1. The van der Waals surface area contributed by atoms with E-state index < -0.39 is 12.1 Å². The summed E-state index contributed by atoms with van der Waals surface area (Å²) < 4.78 is 5.25. The summed E-state index contributed by atoms with van der Waals surface area (Å²) in [5, 5.41) is 23.9. The maximum atomic E-state index is 12.1. The van der Waals surface area contributed by atoms with Gasteiger partial charge in [-0.2, -0.15) is 4.98 Å². The molecule has 0 aromatic carbocycles. The van der Waals surface area contributed by atoms with E-state index in [0.29, 0.717) is 44.0 Å². The Balaban J connectivity index is 0.000000552. The Bertz CT molecular complexity index is 598. The van der Waals surface area contributed by atoms with Crippen molar-refractivity contribution in [1.29, 1.82) is 0 Å². The third-order valence-electron chi connectivity index (χ3n) is 4.82. The van der Waals surface area contributed by atoms with E-state index >= 15 is 0 Å². The molecule has 0 aliphatic heterocycles. The fraction of sp³-hybridized carbons (Fsp3) is 0.765. The molecular weight excluding hydrogens is 340 g/mol. The van der Waals surface area contributed by atoms with Gasteiger partial charge >= 0.3 is 0 Å². The van der Waals surface area contributed by atoms with E-state index in [4.69, 9.17) is 20.2 Å². The van der Waals surface area contributed by atoms with Gasteiger partial charge in [0.25, 0.3) is 5.97 Å². The fourth-order valence-electron chi connectivity index (χ4n) is 3.06. The van der Waals surface area contributed by atoms with Crippen molar-refractivity contribution in [1.82, 2.24) is 15.5 Å². The number of aliphatic hydroxyl groups is 1. The molecule has 1 aromatic rings. The highest BCUT2D eigenvalue weighted by molar-refractivity contribution is 5.78. The molecule has 0 bridgehead atoms. The van der Waals surface area contributed by atoms with Gasteiger partial charge in [-0.1, -0.05) is 11.6 Å². The van der Waals surface area contributed by atoms with Crippen LogP contribution in [0.2, 0.25) is 0 Å². The quantitative estimate of drug-likeness (QED) is 0.589. The average Bonchev–Trinajstić information content (AvgIpc) is 2.96. The number of aliphatic carboxylic acids is 1. The minimum atomic E-state index is -0.833. The SMILES string of the molecule is CC(=O)O.N[C@@H]1C[C@@H](C(=O)NCCc2noc(C3CCC3)n2)CC[C@H]1O. The lowest BCUT2D eigenvalue weighted by atomic mass is 9.83. The number of carboxylic acid groups (broad SMARTS) is 1. The highest BCUT2D eigenvalue weighted by Gasteiger charge is 2.30. The first-order chi connectivity index (χ1) is 12.4. The second kappa shape index (κ2) is 9.63. The van der Waals surface area contributed by atoms with Gasteiger partial charge in [-0.05, 0) is 32.1 Å². The summed E-state index contributed by atoms with van der Waals surface area (Å²) in [6, 6.07) is -0.299. The summed E-state index contributed by atoms with van der Waals surface area (Å²) in [6.07, 6.45) is 5.41. The van der Waals surface area contributed by atoms with Crippen molar-refractivity contribution in [2.24, 2.45) is 11.7 Å². The predicted molar refractivity (Wildman–Crippen MR) is 92.2 cm³/mol. The van der Waals surface area contributed by atoms with Gasteiger partial charge in [0.15, 0.2) is 5.82 Å². The van der Waals surface area contributed by atoms with E-state index in [1.807, 2.05) is 0 Å². The molecule has 0 spiro atoms. The summed E-state index contributed by atoms with van der Waals surface area (Å²) in [5.74, 6) is 0.892. The second-order valence-electron chi connectivity index (χ2n) is 6.98. The summed E-state index contributed by atoms with van der Waals surface area (Å²) in [5.41, 5.74) is 5.81. The molecule has 1 heterocycles. The molecule has 5 N–H and O–H groups in total. The van der Waals surface area contributed by atoms with Crippen molar-refractivity contribution in [2.45, 2.75) is 69.9 Å². The monoisotopic (exact) mass is 368 g/mol. The molecule has 1 amide bonds. The number of carbonyl (C=O) groups excluding carboxylic acids is 1. The molecule has 2 saturated carbocycles. The Hall–Kier alpha value is -2.00. The number of hydrogen-bond acceptors (Lipinski definition) is 7. The summed E-state index contributed by atoms with van der Waals surface area (Å²) >= 11 is 0. The van der Waals surface area contributed by atoms with E-state index in [9.17, 15) is 9.90 Å². The summed E-state index contributed by atoms with van der Waals surface area (Å²) in [7, 11) is 0. The van der Waals surface area contributed by atoms with Gasteiger partial charge in [0.2, 0.25) is 11.8 Å². The molecule has 2 fully saturated rings. The lowest BCUT2D eigenvalue weighted by Crippen LogP contribution is -2.45. The van der Waals surface area contributed by atoms with Gasteiger partial charge in [0, 0.05) is 37.8 Å². The minimum absolute atomic E-state index is 0.00469. The van der Waals surface area contributed by atoms with Crippen LogP contribution in [0, 0.1) is 5.92 Å². The number of amides is 1. The van der Waals surface area contributed by atoms with Crippen LogP contribution in [0.3, 0.4) is 0 Å². The Morgan fingerprint density at radius 3 is 2.58 bits per heavy atom. The van der Waals surface area contributed by atoms with E-state index in [2.05, 4.69) is 15.5 Å². The van der Waals surface area contributed by atoms with Crippen LogP contribution >= 0.6 is 0 Å². The number of nitrogens with one attached hydrogen (secondary N) is 1. The lowest BCUT2D eigenvalue weighted by molar-refractivity contribution is -0.134. The van der Waals surface area contributed by atoms with Crippen LogP contribution in [0.5, 0.6) is 0 Å². The van der Waals surface area contributed by atoms with Crippen molar-refractivity contribution in [3.8, 4) is 0 Å². The number of hydrogen-bond donors (Lipinski definition) is 4. The maximum Gasteiger partial charge on any atom is 0.300 e. The lowest BCUT2D eigenvalue weighted by Gasteiger charge is -2.29. The van der Waals surface area contributed by atoms with Crippen molar-refractivity contribution in [3.05, 3.63) is 11.7 Å². The molecule has 0 unspecified atom stereocenters. The second-order valence-corrected chi connectivity index (χ2v) is 6.98. The summed E-state index contributed by atoms with van der Waals surface area (Å²) in [4.78, 5) is 25.5. The van der Waals surface area contributed by atoms with Crippen LogP contribution in [0.1, 0.15) is 63.1 Å². The van der Waals surface area contributed by atoms with Gasteiger partial charge < -0.3 is 25.8 Å². The molecule has 9 nitrogen and oxygen atoms in total. The topological polar surface area (TPSA) is 152 Å². The number of aliphatic hydroxyl groups excluding tert-OH is 1. The van der Waals surface area contributed by atoms with E-state index in [0.717, 1.165) is 25.7 Å². The van der Waals surface area contributed by atoms with E-state index in [1.165, 1.54) is 6.42 Å². The molecule has 9 heteroatoms. The first-order valence-electron chi connectivity index (χ1n) is 9.10. The minimum Gasteiger partial charge on any atom is -0.481 e. The molecule has 0 saturated heterocycles. The van der Waals surface area contributed by atoms with Crippen LogP contribution in [0.15, 0.2) is 4.52 Å². The maximum absolute atomic E-state index is 12.1. The van der Waals surface area contributed by atoms with Gasteiger partial charge in [-0.3, -0.25) is 9.59 Å². The normalized spacial score (nSPS) is 25.6. The van der Waals surface area contributed by atoms with Gasteiger partial charge in [0.1, 0.15) is 0 Å². The number of aromatic nitrogens is 2. The predicted octanol–water partition coefficient (Wildman–Crippen LogP) is 0.575. The van der Waals surface area contributed by atoms with Gasteiger partial charge in [-0.15, -0.1) is 0 Å². The fourth-order valence-corrected chi connectivity index (χ4v) is 3.06. The van der Waals surface area contributed by atoms with Crippen molar-refractivity contribution in [2.75, 3.05) is 6.54 Å². The van der Waals surface area contributed by atoms with Crippen molar-refractivity contribution < 1.29 is 24.3 Å². The highest BCUT2D eigenvalue weighted by atomic mass is 16.5. The molecular formula is C17H28N4O5. The third-order valence-corrected chi connectivity index (χ3v) is 4.82. The molecule has 2 aliphatic carbocycles. The van der Waals surface area contributed by atoms with Crippen LogP contribution in [0.25, 0.3) is 0 Å². The first kappa shape index (κ1) is 20.3. The van der Waals surface area contributed by atoms with E-state index in [1.54, 1.807) is 0 Å². The first-order valence-corrected chi connectivity index (χ1v) is 9.10. The smallest absolute Gasteiger partial charge is 0.300 e. The van der Waals surface area contributed by atoms with Gasteiger partial charge in [0.05, 0.1) is 6.10 Å². The molecule has 1 aromatic heterocycles. The van der Waals surface area contributed by atoms with Gasteiger partial charge in [-0.25, -0.2) is 0 Å². The highest BCUT2D eigenvalue weighted by Crippen LogP contribution is 2.35. The largest absolute Gasteiger partial charge is 0.481 e. The van der Waals surface area contributed by atoms with Crippen molar-refractivity contribution >= 4 is 11.9 Å². The number of nitrogens with zero attached hydrogens (tertiary/aromatic N) is 2. The zero-order valence-electron chi connectivity index (χ0n) is 15.1. The molecule has 2 aliphatic rings. The number of carboxylic acids is 1. The summed E-state index contributed by atoms with van der Waals surface area (Å²) in [6.45, 7) is 1.58. The van der Waals surface area contributed by atoms with Crippen LogP contribution in [0.4, 0.5) is 0 Å². The molecule has 26 heavy (non-hydrogen) atoms. The Labute approximate surface area is 152 Å². The Morgan fingerprint density at radius 2 is 2.00 bits per heavy atom. The molecule has 146 valence electrons. The number of carbonyl (C=O) groups is 2. The third kappa shape index (κ3) is 6.06. The Morgan fingerprint density at radius 1 is 1.31 bits per heavy atom.